The zero-order valence-electron chi connectivity index (χ0n) is 19.6. The Labute approximate surface area is 207 Å². The number of likely N-dealkylation sites (N-methyl/N-ethyl adjacent to an activating group) is 1. The third kappa shape index (κ3) is 5.83. The molecule has 0 bridgehead atoms. The number of carbonyl (C=O) groups is 1. The molecular formula is C28H25F3N4O. The molecule has 1 amide bonds. The number of pyridine rings is 1. The largest absolute Gasteiger partial charge is 0.416 e. The molecule has 1 heterocycles. The number of hydrogen-bond donors (Lipinski definition) is 2. The summed E-state index contributed by atoms with van der Waals surface area (Å²) in [4.78, 5) is 19.4. The minimum Gasteiger partial charge on any atom is -0.397 e. The van der Waals surface area contributed by atoms with Gasteiger partial charge in [-0.2, -0.15) is 13.2 Å². The summed E-state index contributed by atoms with van der Waals surface area (Å²) in [6.07, 6.45) is -1.90. The minimum atomic E-state index is -4.42. The van der Waals surface area contributed by atoms with E-state index in [0.717, 1.165) is 29.9 Å². The lowest BCUT2D eigenvalue weighted by Gasteiger charge is -2.21. The summed E-state index contributed by atoms with van der Waals surface area (Å²) >= 11 is 0. The van der Waals surface area contributed by atoms with Crippen LogP contribution in [0.15, 0.2) is 91.1 Å². The maximum Gasteiger partial charge on any atom is 0.416 e. The number of rotatable bonds is 7. The van der Waals surface area contributed by atoms with Crippen molar-refractivity contribution in [2.45, 2.75) is 12.6 Å². The van der Waals surface area contributed by atoms with E-state index in [2.05, 4.69) is 10.3 Å². The number of nitrogens with two attached hydrogens (primary N) is 1. The van der Waals surface area contributed by atoms with Gasteiger partial charge >= 0.3 is 6.18 Å². The molecule has 5 nitrogen and oxygen atoms in total. The zero-order chi connectivity index (χ0) is 25.7. The number of alkyl halides is 3. The third-order valence-corrected chi connectivity index (χ3v) is 5.82. The van der Waals surface area contributed by atoms with E-state index in [4.69, 9.17) is 5.73 Å². The first-order valence-electron chi connectivity index (χ1n) is 11.3. The first-order valence-corrected chi connectivity index (χ1v) is 11.3. The Hall–Kier alpha value is -4.33. The Kier molecular flexibility index (Phi) is 7.24. The van der Waals surface area contributed by atoms with E-state index in [1.54, 1.807) is 42.6 Å². The number of anilines is 3. The SMILES string of the molecule is CN(CCc1ccccn1)c1ccc(NC(=O)c2ccccc2-c2ccc(C(F)(F)F)cc2)cc1N. The molecule has 4 aromatic rings. The predicted molar refractivity (Wildman–Crippen MR) is 137 cm³/mol. The van der Waals surface area contributed by atoms with E-state index >= 15 is 0 Å². The van der Waals surface area contributed by atoms with Crippen molar-refractivity contribution in [3.63, 3.8) is 0 Å². The Morgan fingerprint density at radius 3 is 2.36 bits per heavy atom. The van der Waals surface area contributed by atoms with Crippen molar-refractivity contribution in [2.75, 3.05) is 29.5 Å². The van der Waals surface area contributed by atoms with Crippen molar-refractivity contribution < 1.29 is 18.0 Å². The monoisotopic (exact) mass is 490 g/mol. The molecule has 0 radical (unpaired) electrons. The topological polar surface area (TPSA) is 71.2 Å². The van der Waals surface area contributed by atoms with E-state index in [9.17, 15) is 18.0 Å². The van der Waals surface area contributed by atoms with Gasteiger partial charge in [-0.3, -0.25) is 9.78 Å². The summed E-state index contributed by atoms with van der Waals surface area (Å²) in [6, 6.07) is 22.6. The summed E-state index contributed by atoms with van der Waals surface area (Å²) in [5, 5.41) is 2.84. The second kappa shape index (κ2) is 10.5. The average molecular weight is 491 g/mol. The quantitative estimate of drug-likeness (QED) is 0.299. The summed E-state index contributed by atoms with van der Waals surface area (Å²) in [5.74, 6) is -0.388. The maximum atomic E-state index is 13.1. The van der Waals surface area contributed by atoms with E-state index in [0.29, 0.717) is 34.6 Å². The fourth-order valence-electron chi connectivity index (χ4n) is 3.90. The number of nitrogens with one attached hydrogen (secondary N) is 1. The maximum absolute atomic E-state index is 13.1. The van der Waals surface area contributed by atoms with Crippen LogP contribution in [-0.2, 0) is 12.6 Å². The Morgan fingerprint density at radius 1 is 0.972 bits per heavy atom. The van der Waals surface area contributed by atoms with E-state index in [1.807, 2.05) is 36.2 Å². The molecule has 0 saturated carbocycles. The molecule has 0 unspecified atom stereocenters. The molecule has 0 aliphatic rings. The molecule has 8 heteroatoms. The van der Waals surface area contributed by atoms with Crippen molar-refractivity contribution in [1.82, 2.24) is 4.98 Å². The van der Waals surface area contributed by atoms with E-state index < -0.39 is 11.7 Å². The van der Waals surface area contributed by atoms with Crippen molar-refractivity contribution >= 4 is 23.0 Å². The summed E-state index contributed by atoms with van der Waals surface area (Å²) < 4.78 is 38.8. The van der Waals surface area contributed by atoms with Gasteiger partial charge in [0, 0.05) is 43.2 Å². The number of halogens is 3. The molecule has 36 heavy (non-hydrogen) atoms. The second-order valence-electron chi connectivity index (χ2n) is 8.34. The van der Waals surface area contributed by atoms with Gasteiger partial charge in [0.15, 0.2) is 0 Å². The fraction of sp³-hybridized carbons (Fsp3) is 0.143. The van der Waals surface area contributed by atoms with Gasteiger partial charge < -0.3 is 16.0 Å². The van der Waals surface area contributed by atoms with Crippen molar-refractivity contribution in [1.29, 1.82) is 0 Å². The van der Waals surface area contributed by atoms with Crippen molar-refractivity contribution in [3.05, 3.63) is 108 Å². The van der Waals surface area contributed by atoms with Crippen LogP contribution in [-0.4, -0.2) is 24.5 Å². The highest BCUT2D eigenvalue weighted by molar-refractivity contribution is 6.09. The number of nitrogens with zero attached hydrogens (tertiary/aromatic N) is 2. The second-order valence-corrected chi connectivity index (χ2v) is 8.34. The van der Waals surface area contributed by atoms with Gasteiger partial charge in [-0.05, 0) is 59.7 Å². The highest BCUT2D eigenvalue weighted by Crippen LogP contribution is 2.32. The summed E-state index contributed by atoms with van der Waals surface area (Å²) in [5.41, 5.74) is 9.75. The first kappa shape index (κ1) is 24.8. The number of hydrogen-bond acceptors (Lipinski definition) is 4. The number of benzene rings is 3. The van der Waals surface area contributed by atoms with Crippen LogP contribution in [0, 0.1) is 0 Å². The highest BCUT2D eigenvalue weighted by atomic mass is 19.4. The molecule has 3 aromatic carbocycles. The number of carbonyl (C=O) groups excluding carboxylic acids is 1. The van der Waals surface area contributed by atoms with Gasteiger partial charge in [-0.1, -0.05) is 36.4 Å². The molecule has 0 spiro atoms. The van der Waals surface area contributed by atoms with Crippen LogP contribution in [0.1, 0.15) is 21.6 Å². The lowest BCUT2D eigenvalue weighted by atomic mass is 9.98. The molecule has 0 fully saturated rings. The number of aromatic nitrogens is 1. The fourth-order valence-corrected chi connectivity index (χ4v) is 3.90. The predicted octanol–water partition coefficient (Wildman–Crippen LogP) is 6.28. The Balaban J connectivity index is 1.48. The third-order valence-electron chi connectivity index (χ3n) is 5.82. The molecular weight excluding hydrogens is 465 g/mol. The van der Waals surface area contributed by atoms with Gasteiger partial charge in [0.1, 0.15) is 0 Å². The van der Waals surface area contributed by atoms with Gasteiger partial charge in [0.05, 0.1) is 16.9 Å². The molecule has 0 aliphatic carbocycles. The van der Waals surface area contributed by atoms with Gasteiger partial charge in [-0.15, -0.1) is 0 Å². The standard InChI is InChI=1S/C28H25F3N4O/c1-35(17-15-21-6-4-5-16-33-21)26-14-13-22(18-25(26)32)34-27(36)24-8-3-2-7-23(24)19-9-11-20(12-10-19)28(29,30)31/h2-14,16,18H,15,17,32H2,1H3,(H,34,36). The lowest BCUT2D eigenvalue weighted by Crippen LogP contribution is -2.22. The summed E-state index contributed by atoms with van der Waals surface area (Å²) in [6.45, 7) is 0.716. The summed E-state index contributed by atoms with van der Waals surface area (Å²) in [7, 11) is 1.94. The van der Waals surface area contributed by atoms with Crippen LogP contribution in [0.3, 0.4) is 0 Å². The van der Waals surface area contributed by atoms with Crippen molar-refractivity contribution in [2.24, 2.45) is 0 Å². The molecule has 4 rings (SSSR count). The molecule has 0 atom stereocenters. The highest BCUT2D eigenvalue weighted by Gasteiger charge is 2.30. The van der Waals surface area contributed by atoms with Crippen LogP contribution in [0.2, 0.25) is 0 Å². The van der Waals surface area contributed by atoms with E-state index in [1.165, 1.54) is 12.1 Å². The molecule has 0 aliphatic heterocycles. The smallest absolute Gasteiger partial charge is 0.397 e. The average Bonchev–Trinajstić information content (AvgIpc) is 2.87. The lowest BCUT2D eigenvalue weighted by molar-refractivity contribution is -0.137. The van der Waals surface area contributed by atoms with Crippen LogP contribution in [0.5, 0.6) is 0 Å². The Bertz CT molecular complexity index is 1340. The van der Waals surface area contributed by atoms with Crippen LogP contribution < -0.4 is 16.0 Å². The molecule has 3 N–H and O–H groups in total. The molecule has 1 aromatic heterocycles. The van der Waals surface area contributed by atoms with Gasteiger partial charge in [0.25, 0.3) is 5.91 Å². The van der Waals surface area contributed by atoms with Gasteiger partial charge in [-0.25, -0.2) is 0 Å². The molecule has 0 saturated heterocycles. The van der Waals surface area contributed by atoms with Crippen LogP contribution in [0.4, 0.5) is 30.2 Å². The van der Waals surface area contributed by atoms with Crippen molar-refractivity contribution in [3.8, 4) is 11.1 Å². The number of amides is 1. The zero-order valence-corrected chi connectivity index (χ0v) is 19.6. The van der Waals surface area contributed by atoms with E-state index in [-0.39, 0.29) is 5.91 Å². The van der Waals surface area contributed by atoms with Gasteiger partial charge in [0.2, 0.25) is 0 Å². The van der Waals surface area contributed by atoms with Crippen LogP contribution >= 0.6 is 0 Å². The number of nitrogen functional groups attached to an aromatic ring is 1. The van der Waals surface area contributed by atoms with Crippen LogP contribution in [0.25, 0.3) is 11.1 Å². The Morgan fingerprint density at radius 2 is 1.69 bits per heavy atom. The minimum absolute atomic E-state index is 0.340. The first-order chi connectivity index (χ1) is 17.2. The molecule has 184 valence electrons. The normalized spacial score (nSPS) is 11.2.